The van der Waals surface area contributed by atoms with E-state index in [1.807, 2.05) is 46.9 Å². The van der Waals surface area contributed by atoms with Crippen LogP contribution in [0.3, 0.4) is 0 Å². The zero-order valence-corrected chi connectivity index (χ0v) is 21.4. The molecule has 0 unspecified atom stereocenters. The van der Waals surface area contributed by atoms with Gasteiger partial charge in [-0.2, -0.15) is 0 Å². The van der Waals surface area contributed by atoms with Crippen molar-refractivity contribution in [3.63, 3.8) is 0 Å². The van der Waals surface area contributed by atoms with Crippen LogP contribution in [0.1, 0.15) is 15.8 Å². The lowest BCUT2D eigenvalue weighted by molar-refractivity contribution is -0.134. The van der Waals surface area contributed by atoms with Gasteiger partial charge in [-0.05, 0) is 54.8 Å². The molecule has 1 N–H and O–H groups in total. The first-order chi connectivity index (χ1) is 16.8. The Bertz CT molecular complexity index is 1460. The van der Waals surface area contributed by atoms with Crippen molar-refractivity contribution in [3.8, 4) is 0 Å². The van der Waals surface area contributed by atoms with Crippen LogP contribution >= 0.6 is 22.9 Å². The van der Waals surface area contributed by atoms with Gasteiger partial charge in [-0.25, -0.2) is 13.4 Å². The second-order valence-corrected chi connectivity index (χ2v) is 11.4. The molecule has 186 valence electrons. The average Bonchev–Trinajstić information content (AvgIpc) is 3.52. The quantitative estimate of drug-likeness (QED) is 0.379. The highest BCUT2D eigenvalue weighted by atomic mass is 35.5. The molecule has 1 saturated heterocycles. The number of nitrogens with one attached hydrogen (secondary N) is 1. The minimum atomic E-state index is -3.68. The summed E-state index contributed by atoms with van der Waals surface area (Å²) in [4.78, 5) is 21.4. The van der Waals surface area contributed by atoms with Gasteiger partial charge in [-0.15, -0.1) is 11.3 Å². The second kappa shape index (κ2) is 9.52. The Morgan fingerprint density at radius 2 is 1.86 bits per heavy atom. The largest absolute Gasteiger partial charge is 0.368 e. The van der Waals surface area contributed by atoms with Gasteiger partial charge in [-0.1, -0.05) is 17.7 Å². The Balaban J connectivity index is 0.00000190. The number of carbonyl (C=O) groups excluding carboxylic acids is 1. The van der Waals surface area contributed by atoms with Gasteiger partial charge in [0.2, 0.25) is 5.91 Å². The number of rotatable bonds is 6. The third-order valence-electron chi connectivity index (χ3n) is 6.22. The predicted molar refractivity (Wildman–Crippen MR) is 144 cm³/mol. The fourth-order valence-corrected chi connectivity index (χ4v) is 6.27. The summed E-state index contributed by atoms with van der Waals surface area (Å²) >= 11 is 7.39. The molecule has 1 atom stereocenters. The second-order valence-electron chi connectivity index (χ2n) is 8.35. The van der Waals surface area contributed by atoms with E-state index in [4.69, 9.17) is 11.6 Å². The SMILES string of the molecule is C[C@H](C(=O)N1CCN(c2ccc(S(=O)(=O)Nc3nccs3)cc2)CC1)n1ccc2ccc(Cl)cc21.[HH].[HH]. The van der Waals surface area contributed by atoms with Crippen molar-refractivity contribution in [1.29, 1.82) is 0 Å². The number of fused-ring (bicyclic) bond motifs is 1. The number of anilines is 2. The van der Waals surface area contributed by atoms with Crippen molar-refractivity contribution in [2.24, 2.45) is 0 Å². The monoisotopic (exact) mass is 533 g/mol. The molecule has 3 heterocycles. The van der Waals surface area contributed by atoms with Crippen LogP contribution in [0.15, 0.2) is 71.2 Å². The number of benzene rings is 2. The molecule has 0 spiro atoms. The first-order valence-corrected chi connectivity index (χ1v) is 13.9. The number of aromatic nitrogens is 2. The third kappa shape index (κ3) is 4.86. The highest BCUT2D eigenvalue weighted by molar-refractivity contribution is 7.93. The molecule has 1 aliphatic heterocycles. The fourth-order valence-electron chi connectivity index (χ4n) is 4.31. The van der Waals surface area contributed by atoms with E-state index in [2.05, 4.69) is 14.6 Å². The molecule has 1 aliphatic rings. The number of sulfonamides is 1. The molecule has 1 amide bonds. The molecule has 11 heteroatoms. The maximum Gasteiger partial charge on any atom is 0.263 e. The van der Waals surface area contributed by atoms with Crippen molar-refractivity contribution < 1.29 is 16.1 Å². The number of amides is 1. The van der Waals surface area contributed by atoms with Crippen LogP contribution in [-0.4, -0.2) is 55.0 Å². The van der Waals surface area contributed by atoms with Gasteiger partial charge in [0, 0.05) is 57.5 Å². The van der Waals surface area contributed by atoms with Crippen LogP contribution in [0.5, 0.6) is 0 Å². The Kier molecular flexibility index (Phi) is 6.43. The van der Waals surface area contributed by atoms with E-state index >= 15 is 0 Å². The van der Waals surface area contributed by atoms with Crippen LogP contribution in [0.25, 0.3) is 10.9 Å². The van der Waals surface area contributed by atoms with Gasteiger partial charge in [-0.3, -0.25) is 9.52 Å². The number of halogens is 1. The van der Waals surface area contributed by atoms with Crippen LogP contribution < -0.4 is 9.62 Å². The Morgan fingerprint density at radius 3 is 2.54 bits per heavy atom. The molecule has 0 aliphatic carbocycles. The summed E-state index contributed by atoms with van der Waals surface area (Å²) in [5.74, 6) is 0.0665. The molecule has 2 aromatic heterocycles. The van der Waals surface area contributed by atoms with Crippen LogP contribution in [-0.2, 0) is 14.8 Å². The number of hydrogen-bond acceptors (Lipinski definition) is 6. The van der Waals surface area contributed by atoms with Crippen molar-refractivity contribution in [2.45, 2.75) is 17.9 Å². The number of nitrogens with zero attached hydrogens (tertiary/aromatic N) is 4. The summed E-state index contributed by atoms with van der Waals surface area (Å²) in [6, 6.07) is 14.1. The zero-order valence-electron chi connectivity index (χ0n) is 19.0. The Hall–Kier alpha value is -3.08. The molecule has 2 aromatic carbocycles. The van der Waals surface area contributed by atoms with Crippen LogP contribution in [0, 0.1) is 0 Å². The standard InChI is InChI=1S/C24H24ClN5O3S2.2H2/c1-17(30-10-8-18-2-3-19(25)16-22(18)30)23(31)29-13-11-28(12-14-29)20-4-6-21(7-5-20)35(32,33)27-24-26-9-15-34-24;;/h2-10,15-17H,11-14H2,1H3,(H,26,27);2*1H/t17-;;/m1../s1. The van der Waals surface area contributed by atoms with E-state index in [1.54, 1.807) is 35.8 Å². The molecular weight excluding hydrogens is 506 g/mol. The van der Waals surface area contributed by atoms with E-state index in [0.717, 1.165) is 16.6 Å². The summed E-state index contributed by atoms with van der Waals surface area (Å²) in [5, 5.41) is 3.73. The van der Waals surface area contributed by atoms with Crippen molar-refractivity contribution in [3.05, 3.63) is 71.3 Å². The Labute approximate surface area is 215 Å². The number of piperazine rings is 1. The van der Waals surface area contributed by atoms with Crippen LogP contribution in [0.4, 0.5) is 10.8 Å². The first kappa shape index (κ1) is 23.7. The topological polar surface area (TPSA) is 87.5 Å². The molecule has 0 bridgehead atoms. The molecule has 4 aromatic rings. The molecule has 5 rings (SSSR count). The molecule has 35 heavy (non-hydrogen) atoms. The molecular formula is C24H28ClN5O3S2. The fraction of sp³-hybridized carbons (Fsp3) is 0.250. The number of thiazole rings is 1. The number of carbonyl (C=O) groups is 1. The van der Waals surface area contributed by atoms with Crippen LogP contribution in [0.2, 0.25) is 5.02 Å². The molecule has 1 fully saturated rings. The van der Waals surface area contributed by atoms with Crippen molar-refractivity contribution in [1.82, 2.24) is 14.5 Å². The first-order valence-electron chi connectivity index (χ1n) is 11.1. The van der Waals surface area contributed by atoms with Gasteiger partial charge < -0.3 is 14.4 Å². The number of hydrogen-bond donors (Lipinski definition) is 1. The average molecular weight is 534 g/mol. The summed E-state index contributed by atoms with van der Waals surface area (Å²) in [7, 11) is -3.68. The third-order valence-corrected chi connectivity index (χ3v) is 8.63. The van der Waals surface area contributed by atoms with Gasteiger partial charge in [0.25, 0.3) is 10.0 Å². The van der Waals surface area contributed by atoms with Gasteiger partial charge in [0.05, 0.1) is 10.4 Å². The normalized spacial score (nSPS) is 15.4. The summed E-state index contributed by atoms with van der Waals surface area (Å²) in [6.45, 7) is 4.43. The van der Waals surface area contributed by atoms with Gasteiger partial charge in [0.15, 0.2) is 5.13 Å². The predicted octanol–water partition coefficient (Wildman–Crippen LogP) is 4.95. The smallest absolute Gasteiger partial charge is 0.263 e. The summed E-state index contributed by atoms with van der Waals surface area (Å²) < 4.78 is 29.6. The van der Waals surface area contributed by atoms with Crippen molar-refractivity contribution in [2.75, 3.05) is 35.8 Å². The lowest BCUT2D eigenvalue weighted by Gasteiger charge is -2.37. The highest BCUT2D eigenvalue weighted by Crippen LogP contribution is 2.26. The van der Waals surface area contributed by atoms with E-state index in [9.17, 15) is 13.2 Å². The lowest BCUT2D eigenvalue weighted by Crippen LogP contribution is -2.50. The molecule has 0 radical (unpaired) electrons. The minimum absolute atomic E-state index is 0. The summed E-state index contributed by atoms with van der Waals surface area (Å²) in [5.41, 5.74) is 1.86. The maximum atomic E-state index is 13.2. The van der Waals surface area contributed by atoms with Gasteiger partial charge >= 0.3 is 0 Å². The minimum Gasteiger partial charge on any atom is -0.368 e. The lowest BCUT2D eigenvalue weighted by atomic mass is 10.2. The maximum absolute atomic E-state index is 13.2. The molecule has 8 nitrogen and oxygen atoms in total. The highest BCUT2D eigenvalue weighted by Gasteiger charge is 2.27. The zero-order chi connectivity index (χ0) is 24.6. The Morgan fingerprint density at radius 1 is 1.11 bits per heavy atom. The summed E-state index contributed by atoms with van der Waals surface area (Å²) in [6.07, 6.45) is 3.48. The van der Waals surface area contributed by atoms with E-state index in [-0.39, 0.29) is 19.7 Å². The van der Waals surface area contributed by atoms with E-state index in [0.29, 0.717) is 36.3 Å². The molecule has 0 saturated carbocycles. The van der Waals surface area contributed by atoms with E-state index in [1.165, 1.54) is 11.3 Å². The van der Waals surface area contributed by atoms with Crippen molar-refractivity contribution >= 4 is 60.6 Å². The van der Waals surface area contributed by atoms with Gasteiger partial charge in [0.1, 0.15) is 6.04 Å². The van der Waals surface area contributed by atoms with E-state index < -0.39 is 10.0 Å².